The van der Waals surface area contributed by atoms with Gasteiger partial charge in [0, 0.05) is 11.8 Å². The van der Waals surface area contributed by atoms with E-state index in [0.717, 1.165) is 28.6 Å². The summed E-state index contributed by atoms with van der Waals surface area (Å²) in [6.45, 7) is 8.20. The third-order valence-corrected chi connectivity index (χ3v) is 5.89. The zero-order valence-corrected chi connectivity index (χ0v) is 15.8. The summed E-state index contributed by atoms with van der Waals surface area (Å²) < 4.78 is 5.34. The molecule has 3 aromatic rings. The van der Waals surface area contributed by atoms with Gasteiger partial charge in [0.15, 0.2) is 5.16 Å². The number of rotatable bonds is 6. The molecule has 128 valence electrons. The van der Waals surface area contributed by atoms with E-state index in [9.17, 15) is 4.79 Å². The fourth-order valence-electron chi connectivity index (χ4n) is 2.49. The molecule has 0 saturated heterocycles. The average Bonchev–Trinajstić information content (AvgIpc) is 3.09. The van der Waals surface area contributed by atoms with E-state index in [2.05, 4.69) is 40.9 Å². The molecule has 6 nitrogen and oxygen atoms in total. The van der Waals surface area contributed by atoms with Gasteiger partial charge in [-0.15, -0.1) is 21.5 Å². The molecule has 0 fully saturated rings. The van der Waals surface area contributed by atoms with Crippen molar-refractivity contribution in [1.29, 1.82) is 0 Å². The van der Waals surface area contributed by atoms with Gasteiger partial charge in [0.1, 0.15) is 4.83 Å². The number of H-pyrrole nitrogens is 1. The van der Waals surface area contributed by atoms with Crippen molar-refractivity contribution in [1.82, 2.24) is 20.2 Å². The van der Waals surface area contributed by atoms with Gasteiger partial charge >= 0.3 is 0 Å². The monoisotopic (exact) mass is 364 g/mol. The van der Waals surface area contributed by atoms with Crippen molar-refractivity contribution in [2.24, 2.45) is 5.92 Å². The Bertz CT molecular complexity index is 913. The number of fused-ring (bicyclic) bond motifs is 1. The smallest absolute Gasteiger partial charge is 0.260 e. The van der Waals surface area contributed by atoms with Crippen LogP contribution in [-0.2, 0) is 12.2 Å². The first-order valence-corrected chi connectivity index (χ1v) is 9.72. The van der Waals surface area contributed by atoms with Crippen LogP contribution in [0.1, 0.15) is 42.5 Å². The van der Waals surface area contributed by atoms with Crippen LogP contribution in [0.25, 0.3) is 10.2 Å². The fraction of sp³-hybridized carbons (Fsp3) is 0.500. The molecule has 0 unspecified atom stereocenters. The van der Waals surface area contributed by atoms with E-state index < -0.39 is 0 Å². The predicted molar refractivity (Wildman–Crippen MR) is 96.7 cm³/mol. The summed E-state index contributed by atoms with van der Waals surface area (Å²) in [5.74, 6) is 2.10. The van der Waals surface area contributed by atoms with Crippen LogP contribution in [0, 0.1) is 19.8 Å². The summed E-state index contributed by atoms with van der Waals surface area (Å²) in [4.78, 5) is 22.0. The molecule has 0 radical (unpaired) electrons. The van der Waals surface area contributed by atoms with Gasteiger partial charge in [-0.2, -0.15) is 0 Å². The second-order valence-electron chi connectivity index (χ2n) is 5.91. The number of aromatic nitrogens is 4. The SMILES string of the molecule is CC[C@H](C)Cc1c(C)sc2nc(SCc3nnc(C)o3)[nH]c(=O)c12. The van der Waals surface area contributed by atoms with Crippen molar-refractivity contribution in [2.75, 3.05) is 0 Å². The molecular weight excluding hydrogens is 344 g/mol. The Morgan fingerprint density at radius 2 is 2.12 bits per heavy atom. The van der Waals surface area contributed by atoms with Gasteiger partial charge in [0.2, 0.25) is 11.8 Å². The van der Waals surface area contributed by atoms with Crippen LogP contribution in [-0.4, -0.2) is 20.2 Å². The van der Waals surface area contributed by atoms with Gasteiger partial charge in [0.05, 0.1) is 11.1 Å². The van der Waals surface area contributed by atoms with E-state index in [-0.39, 0.29) is 5.56 Å². The highest BCUT2D eigenvalue weighted by molar-refractivity contribution is 7.98. The maximum absolute atomic E-state index is 12.6. The summed E-state index contributed by atoms with van der Waals surface area (Å²) in [7, 11) is 0. The Balaban J connectivity index is 1.89. The summed E-state index contributed by atoms with van der Waals surface area (Å²) in [6, 6.07) is 0. The Kier molecular flexibility index (Phi) is 5.05. The average molecular weight is 364 g/mol. The van der Waals surface area contributed by atoms with Gasteiger partial charge < -0.3 is 9.40 Å². The first kappa shape index (κ1) is 17.2. The zero-order chi connectivity index (χ0) is 17.3. The van der Waals surface area contributed by atoms with E-state index in [4.69, 9.17) is 4.42 Å². The molecule has 24 heavy (non-hydrogen) atoms. The van der Waals surface area contributed by atoms with Gasteiger partial charge in [-0.05, 0) is 24.8 Å². The number of nitrogens with zero attached hydrogens (tertiary/aromatic N) is 3. The summed E-state index contributed by atoms with van der Waals surface area (Å²) in [5.41, 5.74) is 1.08. The third-order valence-electron chi connectivity index (χ3n) is 3.99. The molecule has 0 aliphatic heterocycles. The molecule has 0 aliphatic rings. The highest BCUT2D eigenvalue weighted by Gasteiger charge is 2.17. The summed E-state index contributed by atoms with van der Waals surface area (Å²) in [5, 5.41) is 9.08. The Labute approximate surface area is 148 Å². The Morgan fingerprint density at radius 3 is 2.79 bits per heavy atom. The molecular formula is C16H20N4O2S2. The minimum absolute atomic E-state index is 0.0631. The van der Waals surface area contributed by atoms with Crippen LogP contribution >= 0.6 is 23.1 Å². The van der Waals surface area contributed by atoms with Gasteiger partial charge in [-0.25, -0.2) is 4.98 Å². The molecule has 3 aromatic heterocycles. The molecule has 3 heterocycles. The van der Waals surface area contributed by atoms with Crippen LogP contribution in [0.3, 0.4) is 0 Å². The van der Waals surface area contributed by atoms with Crippen molar-refractivity contribution in [3.05, 3.63) is 32.6 Å². The fourth-order valence-corrected chi connectivity index (χ4v) is 4.30. The number of aryl methyl sites for hydroxylation is 2. The Hall–Kier alpha value is -1.67. The molecule has 1 atom stereocenters. The van der Waals surface area contributed by atoms with Crippen molar-refractivity contribution < 1.29 is 4.42 Å². The zero-order valence-electron chi connectivity index (χ0n) is 14.2. The van der Waals surface area contributed by atoms with Gasteiger partial charge in [0.25, 0.3) is 5.56 Å². The maximum atomic E-state index is 12.6. The van der Waals surface area contributed by atoms with E-state index in [1.807, 2.05) is 0 Å². The van der Waals surface area contributed by atoms with Crippen molar-refractivity contribution in [3.63, 3.8) is 0 Å². The van der Waals surface area contributed by atoms with Crippen LogP contribution < -0.4 is 5.56 Å². The van der Waals surface area contributed by atoms with Gasteiger partial charge in [-0.3, -0.25) is 4.79 Å². The minimum Gasteiger partial charge on any atom is -0.425 e. The number of thioether (sulfide) groups is 1. The summed E-state index contributed by atoms with van der Waals surface area (Å²) >= 11 is 2.98. The molecule has 1 N–H and O–H groups in total. The quantitative estimate of drug-likeness (QED) is 0.528. The normalized spacial score (nSPS) is 12.8. The Morgan fingerprint density at radius 1 is 1.33 bits per heavy atom. The van der Waals surface area contributed by atoms with Crippen molar-refractivity contribution in [2.45, 2.75) is 51.4 Å². The van der Waals surface area contributed by atoms with Crippen LogP contribution in [0.5, 0.6) is 0 Å². The minimum atomic E-state index is -0.0631. The standard InChI is InChI=1S/C16H20N4O2S2/c1-5-8(2)6-11-9(3)24-15-13(11)14(21)17-16(18-15)23-7-12-20-19-10(4)22-12/h8H,5-7H2,1-4H3,(H,17,18,21)/t8-/m0/s1. The van der Waals surface area contributed by atoms with Crippen LogP contribution in [0.15, 0.2) is 14.4 Å². The first-order valence-electron chi connectivity index (χ1n) is 7.92. The number of hydrogen-bond donors (Lipinski definition) is 1. The second-order valence-corrected chi connectivity index (χ2v) is 8.08. The lowest BCUT2D eigenvalue weighted by Gasteiger charge is -2.08. The highest BCUT2D eigenvalue weighted by atomic mass is 32.2. The summed E-state index contributed by atoms with van der Waals surface area (Å²) in [6.07, 6.45) is 2.01. The lowest BCUT2D eigenvalue weighted by molar-refractivity contribution is 0.485. The predicted octanol–water partition coefficient (Wildman–Crippen LogP) is 3.87. The molecule has 8 heteroatoms. The molecule has 3 rings (SSSR count). The van der Waals surface area contributed by atoms with Crippen LogP contribution in [0.4, 0.5) is 0 Å². The number of thiophene rings is 1. The molecule has 0 bridgehead atoms. The topological polar surface area (TPSA) is 84.7 Å². The van der Waals surface area contributed by atoms with Crippen LogP contribution in [0.2, 0.25) is 0 Å². The van der Waals surface area contributed by atoms with E-state index in [0.29, 0.717) is 28.6 Å². The lowest BCUT2D eigenvalue weighted by atomic mass is 9.98. The van der Waals surface area contributed by atoms with E-state index in [1.54, 1.807) is 18.3 Å². The molecule has 0 aromatic carbocycles. The highest BCUT2D eigenvalue weighted by Crippen LogP contribution is 2.31. The second kappa shape index (κ2) is 7.06. The molecule has 0 amide bonds. The molecule has 0 saturated carbocycles. The van der Waals surface area contributed by atoms with Crippen molar-refractivity contribution >= 4 is 33.3 Å². The van der Waals surface area contributed by atoms with E-state index >= 15 is 0 Å². The van der Waals surface area contributed by atoms with E-state index in [1.165, 1.54) is 16.6 Å². The largest absolute Gasteiger partial charge is 0.425 e. The number of nitrogens with one attached hydrogen (secondary N) is 1. The maximum Gasteiger partial charge on any atom is 0.260 e. The first-order chi connectivity index (χ1) is 11.5. The number of hydrogen-bond acceptors (Lipinski definition) is 7. The lowest BCUT2D eigenvalue weighted by Crippen LogP contribution is -2.11. The van der Waals surface area contributed by atoms with Gasteiger partial charge in [-0.1, -0.05) is 32.0 Å². The van der Waals surface area contributed by atoms with Crippen molar-refractivity contribution in [3.8, 4) is 0 Å². The number of aromatic amines is 1. The molecule has 0 spiro atoms. The molecule has 0 aliphatic carbocycles. The third kappa shape index (κ3) is 3.54.